The van der Waals surface area contributed by atoms with Crippen LogP contribution in [0.3, 0.4) is 0 Å². The molecule has 0 saturated heterocycles. The smallest absolute Gasteiger partial charge is 0.341 e. The van der Waals surface area contributed by atoms with Gasteiger partial charge in [0.25, 0.3) is 0 Å². The molecular formula is C17H22N2O2. The predicted octanol–water partition coefficient (Wildman–Crippen LogP) is 3.54. The van der Waals surface area contributed by atoms with Crippen LogP contribution in [0.5, 0.6) is 0 Å². The second-order valence-electron chi connectivity index (χ2n) is 5.24. The summed E-state index contributed by atoms with van der Waals surface area (Å²) in [4.78, 5) is 12.0. The lowest BCUT2D eigenvalue weighted by molar-refractivity contribution is 0.0525. The predicted molar refractivity (Wildman–Crippen MR) is 83.1 cm³/mol. The van der Waals surface area contributed by atoms with Crippen molar-refractivity contribution in [1.82, 2.24) is 9.78 Å². The average Bonchev–Trinajstić information content (AvgIpc) is 2.81. The number of nitrogens with zero attached hydrogens (tertiary/aromatic N) is 2. The molecule has 1 heterocycles. The zero-order chi connectivity index (χ0) is 15.6. The van der Waals surface area contributed by atoms with Gasteiger partial charge in [-0.25, -0.2) is 9.48 Å². The van der Waals surface area contributed by atoms with Crippen LogP contribution in [0.2, 0.25) is 0 Å². The Balaban J connectivity index is 2.58. The fourth-order valence-corrected chi connectivity index (χ4v) is 2.79. The topological polar surface area (TPSA) is 44.1 Å². The Morgan fingerprint density at radius 1 is 1.19 bits per heavy atom. The van der Waals surface area contributed by atoms with Crippen LogP contribution in [-0.2, 0) is 11.2 Å². The van der Waals surface area contributed by atoms with E-state index in [0.29, 0.717) is 12.2 Å². The molecule has 0 unspecified atom stereocenters. The molecule has 112 valence electrons. The Morgan fingerprint density at radius 3 is 2.33 bits per heavy atom. The van der Waals surface area contributed by atoms with Crippen molar-refractivity contribution in [3.05, 3.63) is 46.3 Å². The van der Waals surface area contributed by atoms with Crippen LogP contribution >= 0.6 is 0 Å². The van der Waals surface area contributed by atoms with Crippen LogP contribution in [0.25, 0.3) is 5.69 Å². The van der Waals surface area contributed by atoms with Gasteiger partial charge in [-0.15, -0.1) is 0 Å². The maximum atomic E-state index is 12.0. The lowest BCUT2D eigenvalue weighted by atomic mass is 10.0. The summed E-state index contributed by atoms with van der Waals surface area (Å²) >= 11 is 0. The molecule has 4 nitrogen and oxygen atoms in total. The molecular weight excluding hydrogens is 264 g/mol. The number of esters is 1. The number of hydrogen-bond acceptors (Lipinski definition) is 3. The molecule has 0 aliphatic rings. The molecule has 2 aromatic rings. The maximum absolute atomic E-state index is 12.0. The van der Waals surface area contributed by atoms with Gasteiger partial charge >= 0.3 is 5.97 Å². The average molecular weight is 286 g/mol. The second kappa shape index (κ2) is 6.12. The van der Waals surface area contributed by atoms with E-state index in [0.717, 1.165) is 28.9 Å². The van der Waals surface area contributed by atoms with Crippen molar-refractivity contribution >= 4 is 5.97 Å². The highest BCUT2D eigenvalue weighted by Crippen LogP contribution is 2.24. The molecule has 0 saturated carbocycles. The van der Waals surface area contributed by atoms with E-state index in [1.807, 2.05) is 18.5 Å². The lowest BCUT2D eigenvalue weighted by Gasteiger charge is -2.14. The molecule has 0 aliphatic heterocycles. The summed E-state index contributed by atoms with van der Waals surface area (Å²) in [6, 6.07) is 4.26. The number of rotatable bonds is 4. The normalized spacial score (nSPS) is 10.7. The first-order chi connectivity index (χ1) is 9.99. The van der Waals surface area contributed by atoms with Crippen molar-refractivity contribution in [1.29, 1.82) is 0 Å². The monoisotopic (exact) mass is 286 g/mol. The summed E-state index contributed by atoms with van der Waals surface area (Å²) in [5.41, 5.74) is 6.03. The van der Waals surface area contributed by atoms with Gasteiger partial charge in [0.2, 0.25) is 0 Å². The number of benzene rings is 1. The Labute approximate surface area is 125 Å². The van der Waals surface area contributed by atoms with Gasteiger partial charge in [0.15, 0.2) is 0 Å². The minimum atomic E-state index is -0.303. The summed E-state index contributed by atoms with van der Waals surface area (Å²) in [5, 5.41) is 4.43. The lowest BCUT2D eigenvalue weighted by Crippen LogP contribution is -2.10. The number of carbonyl (C=O) groups excluding carboxylic acids is 1. The Bertz CT molecular complexity index is 648. The highest BCUT2D eigenvalue weighted by atomic mass is 16.5. The van der Waals surface area contributed by atoms with Crippen molar-refractivity contribution in [2.45, 2.75) is 41.0 Å². The Kier molecular flexibility index (Phi) is 4.46. The number of ether oxygens (including phenoxy) is 1. The quantitative estimate of drug-likeness (QED) is 0.807. The van der Waals surface area contributed by atoms with E-state index in [1.54, 1.807) is 6.20 Å². The highest BCUT2D eigenvalue weighted by molar-refractivity contribution is 5.90. The Hall–Kier alpha value is -2.10. The zero-order valence-corrected chi connectivity index (χ0v) is 13.4. The molecule has 1 aromatic carbocycles. The first kappa shape index (κ1) is 15.3. The van der Waals surface area contributed by atoms with Gasteiger partial charge in [0.1, 0.15) is 5.56 Å². The van der Waals surface area contributed by atoms with E-state index in [4.69, 9.17) is 4.74 Å². The van der Waals surface area contributed by atoms with Crippen molar-refractivity contribution < 1.29 is 9.53 Å². The highest BCUT2D eigenvalue weighted by Gasteiger charge is 2.19. The third-order valence-electron chi connectivity index (χ3n) is 3.55. The standard InChI is InChI=1S/C17H22N2O2/c1-6-15-14(17(20)21-7-2)10-18-19(15)16-12(4)8-11(3)9-13(16)5/h8-10H,6-7H2,1-5H3. The molecule has 0 aliphatic carbocycles. The van der Waals surface area contributed by atoms with Crippen LogP contribution in [0, 0.1) is 20.8 Å². The van der Waals surface area contributed by atoms with Crippen LogP contribution in [-0.4, -0.2) is 22.4 Å². The summed E-state index contributed by atoms with van der Waals surface area (Å²) in [6.07, 6.45) is 2.33. The van der Waals surface area contributed by atoms with Gasteiger partial charge in [-0.2, -0.15) is 5.10 Å². The van der Waals surface area contributed by atoms with Crippen LogP contribution < -0.4 is 0 Å². The minimum Gasteiger partial charge on any atom is -0.462 e. The SMILES string of the molecule is CCOC(=O)c1cnn(-c2c(C)cc(C)cc2C)c1CC. The van der Waals surface area contributed by atoms with Crippen molar-refractivity contribution in [2.75, 3.05) is 6.61 Å². The number of carbonyl (C=O) groups is 1. The number of aryl methyl sites for hydroxylation is 3. The molecule has 0 spiro atoms. The number of aromatic nitrogens is 2. The summed E-state index contributed by atoms with van der Waals surface area (Å²) in [7, 11) is 0. The molecule has 0 N–H and O–H groups in total. The summed E-state index contributed by atoms with van der Waals surface area (Å²) < 4.78 is 6.98. The maximum Gasteiger partial charge on any atom is 0.341 e. The van der Waals surface area contributed by atoms with Crippen molar-refractivity contribution in [2.24, 2.45) is 0 Å². The third-order valence-corrected chi connectivity index (χ3v) is 3.55. The van der Waals surface area contributed by atoms with Crippen LogP contribution in [0.15, 0.2) is 18.3 Å². The molecule has 1 aromatic heterocycles. The fraction of sp³-hybridized carbons (Fsp3) is 0.412. The van der Waals surface area contributed by atoms with Crippen LogP contribution in [0.1, 0.15) is 46.6 Å². The first-order valence-electron chi connectivity index (χ1n) is 7.31. The zero-order valence-electron chi connectivity index (χ0n) is 13.4. The summed E-state index contributed by atoms with van der Waals surface area (Å²) in [5.74, 6) is -0.303. The van der Waals surface area contributed by atoms with Crippen molar-refractivity contribution in [3.8, 4) is 5.69 Å². The molecule has 0 bridgehead atoms. The van der Waals surface area contributed by atoms with Gasteiger partial charge < -0.3 is 4.74 Å². The van der Waals surface area contributed by atoms with E-state index in [9.17, 15) is 4.79 Å². The summed E-state index contributed by atoms with van der Waals surface area (Å²) in [6.45, 7) is 10.4. The molecule has 2 rings (SSSR count). The van der Waals surface area contributed by atoms with Gasteiger partial charge in [-0.1, -0.05) is 24.6 Å². The third kappa shape index (κ3) is 2.84. The molecule has 21 heavy (non-hydrogen) atoms. The van der Waals surface area contributed by atoms with E-state index in [1.165, 1.54) is 5.56 Å². The van der Waals surface area contributed by atoms with E-state index < -0.39 is 0 Å². The van der Waals surface area contributed by atoms with Gasteiger partial charge in [0, 0.05) is 0 Å². The van der Waals surface area contributed by atoms with Crippen molar-refractivity contribution in [3.63, 3.8) is 0 Å². The first-order valence-corrected chi connectivity index (χ1v) is 7.31. The molecule has 0 amide bonds. The minimum absolute atomic E-state index is 0.303. The van der Waals surface area contributed by atoms with E-state index in [-0.39, 0.29) is 5.97 Å². The van der Waals surface area contributed by atoms with Gasteiger partial charge in [-0.05, 0) is 45.2 Å². The molecule has 0 fully saturated rings. The van der Waals surface area contributed by atoms with Crippen LogP contribution in [0.4, 0.5) is 0 Å². The molecule has 4 heteroatoms. The van der Waals surface area contributed by atoms with E-state index in [2.05, 4.69) is 38.0 Å². The second-order valence-corrected chi connectivity index (χ2v) is 5.24. The van der Waals surface area contributed by atoms with Gasteiger partial charge in [-0.3, -0.25) is 0 Å². The van der Waals surface area contributed by atoms with E-state index >= 15 is 0 Å². The molecule has 0 atom stereocenters. The Morgan fingerprint density at radius 2 is 1.81 bits per heavy atom. The molecule has 0 radical (unpaired) electrons. The number of hydrogen-bond donors (Lipinski definition) is 0. The largest absolute Gasteiger partial charge is 0.462 e. The van der Waals surface area contributed by atoms with Gasteiger partial charge in [0.05, 0.1) is 24.2 Å². The fourth-order valence-electron chi connectivity index (χ4n) is 2.79.